The Kier molecular flexibility index (Phi) is 26.2. The molecule has 0 radical (unpaired) electrons. The summed E-state index contributed by atoms with van der Waals surface area (Å²) in [6, 6.07) is 0. The molecule has 8 heteroatoms. The number of unbranched alkanes of at least 4 members (excludes halogenated alkanes) is 16. The van der Waals surface area contributed by atoms with Crippen molar-refractivity contribution in [3.8, 4) is 0 Å². The first-order chi connectivity index (χ1) is 16.1. The van der Waals surface area contributed by atoms with Crippen LogP contribution < -0.4 is 0 Å². The van der Waals surface area contributed by atoms with E-state index in [-0.39, 0.29) is 13.2 Å². The summed E-state index contributed by atoms with van der Waals surface area (Å²) in [7, 11) is -4.38. The summed E-state index contributed by atoms with van der Waals surface area (Å²) in [6.07, 6.45) is 23.4. The van der Waals surface area contributed by atoms with Gasteiger partial charge in [0.05, 0.1) is 39.6 Å². The van der Waals surface area contributed by atoms with Crippen molar-refractivity contribution in [2.75, 3.05) is 46.2 Å². The van der Waals surface area contributed by atoms with Gasteiger partial charge >= 0.3 is 10.4 Å². The topological polar surface area (TPSA) is 91.3 Å². The van der Waals surface area contributed by atoms with Crippen LogP contribution in [0.1, 0.15) is 116 Å². The van der Waals surface area contributed by atoms with Crippen LogP contribution in [0.15, 0.2) is 0 Å². The molecule has 0 bridgehead atoms. The van der Waals surface area contributed by atoms with Crippen molar-refractivity contribution in [3.63, 3.8) is 0 Å². The molecule has 0 aromatic heterocycles. The van der Waals surface area contributed by atoms with E-state index in [2.05, 4.69) is 11.1 Å². The van der Waals surface area contributed by atoms with Crippen LogP contribution in [0.3, 0.4) is 0 Å². The van der Waals surface area contributed by atoms with Crippen molar-refractivity contribution in [2.24, 2.45) is 0 Å². The molecule has 0 aromatic carbocycles. The lowest BCUT2D eigenvalue weighted by Crippen LogP contribution is -2.13. The summed E-state index contributed by atoms with van der Waals surface area (Å²) in [4.78, 5) is 0. The summed E-state index contributed by atoms with van der Waals surface area (Å²) in [5, 5.41) is 0. The molecule has 0 unspecified atom stereocenters. The van der Waals surface area contributed by atoms with Gasteiger partial charge in [-0.3, -0.25) is 4.55 Å². The van der Waals surface area contributed by atoms with E-state index in [1.165, 1.54) is 103 Å². The standard InChI is InChI=1S/C25H52O7S/c1-2-3-4-5-6-7-8-9-10-11-12-13-14-15-16-17-18-19-29-20-21-30-22-23-31-24-25-32-33(26,27)28/h2-25H2,1H3,(H,26,27,28). The van der Waals surface area contributed by atoms with Crippen molar-refractivity contribution in [3.05, 3.63) is 0 Å². The molecule has 7 nitrogen and oxygen atoms in total. The fraction of sp³-hybridized carbons (Fsp3) is 1.00. The second kappa shape index (κ2) is 26.4. The molecule has 0 aliphatic rings. The van der Waals surface area contributed by atoms with E-state index in [4.69, 9.17) is 18.8 Å². The molecule has 0 aliphatic heterocycles. The Labute approximate surface area is 204 Å². The number of rotatable bonds is 28. The van der Waals surface area contributed by atoms with Crippen molar-refractivity contribution in [1.82, 2.24) is 0 Å². The smallest absolute Gasteiger partial charge is 0.379 e. The molecule has 200 valence electrons. The normalized spacial score (nSPS) is 11.9. The Morgan fingerprint density at radius 2 is 0.758 bits per heavy atom. The van der Waals surface area contributed by atoms with E-state index in [1.807, 2.05) is 0 Å². The monoisotopic (exact) mass is 496 g/mol. The van der Waals surface area contributed by atoms with Crippen LogP contribution in [0.2, 0.25) is 0 Å². The van der Waals surface area contributed by atoms with Crippen molar-refractivity contribution < 1.29 is 31.4 Å². The van der Waals surface area contributed by atoms with E-state index >= 15 is 0 Å². The molecule has 0 aliphatic carbocycles. The minimum Gasteiger partial charge on any atom is -0.379 e. The molecule has 33 heavy (non-hydrogen) atoms. The summed E-state index contributed by atoms with van der Waals surface area (Å²) in [6.45, 7) is 4.78. The van der Waals surface area contributed by atoms with Gasteiger partial charge < -0.3 is 14.2 Å². The minimum absolute atomic E-state index is 0.0823. The molecule has 0 heterocycles. The van der Waals surface area contributed by atoms with E-state index < -0.39 is 10.4 Å². The molecule has 0 saturated heterocycles. The zero-order chi connectivity index (χ0) is 24.3. The number of hydrogen-bond acceptors (Lipinski definition) is 6. The van der Waals surface area contributed by atoms with Gasteiger partial charge in [0.1, 0.15) is 0 Å². The molecule has 0 atom stereocenters. The third-order valence-electron chi connectivity index (χ3n) is 5.60. The van der Waals surface area contributed by atoms with Crippen LogP contribution in [-0.4, -0.2) is 59.2 Å². The highest BCUT2D eigenvalue weighted by molar-refractivity contribution is 7.80. The predicted molar refractivity (Wildman–Crippen MR) is 134 cm³/mol. The molecule has 0 saturated carbocycles. The van der Waals surface area contributed by atoms with Gasteiger partial charge in [0.25, 0.3) is 0 Å². The van der Waals surface area contributed by atoms with Crippen LogP contribution in [-0.2, 0) is 28.8 Å². The highest BCUT2D eigenvalue weighted by Crippen LogP contribution is 2.14. The lowest BCUT2D eigenvalue weighted by atomic mass is 10.0. The fourth-order valence-corrected chi connectivity index (χ4v) is 3.95. The summed E-state index contributed by atoms with van der Waals surface area (Å²) >= 11 is 0. The lowest BCUT2D eigenvalue weighted by molar-refractivity contribution is 0.00854. The van der Waals surface area contributed by atoms with Crippen LogP contribution in [0, 0.1) is 0 Å². The maximum atomic E-state index is 10.3. The Balaban J connectivity index is 3.04. The minimum atomic E-state index is -4.38. The number of ether oxygens (including phenoxy) is 3. The molecule has 0 amide bonds. The third-order valence-corrected chi connectivity index (χ3v) is 6.06. The van der Waals surface area contributed by atoms with Crippen LogP contribution in [0.4, 0.5) is 0 Å². The van der Waals surface area contributed by atoms with E-state index in [9.17, 15) is 8.42 Å². The maximum absolute atomic E-state index is 10.3. The lowest BCUT2D eigenvalue weighted by Gasteiger charge is -2.07. The van der Waals surface area contributed by atoms with Gasteiger partial charge in [-0.2, -0.15) is 8.42 Å². The first-order valence-electron chi connectivity index (χ1n) is 13.4. The molecule has 0 fully saturated rings. The molecule has 0 rings (SSSR count). The Hall–Kier alpha value is -0.250. The second-order valence-electron chi connectivity index (χ2n) is 8.74. The van der Waals surface area contributed by atoms with Crippen molar-refractivity contribution >= 4 is 10.4 Å². The Morgan fingerprint density at radius 1 is 0.455 bits per heavy atom. The molecular formula is C25H52O7S. The maximum Gasteiger partial charge on any atom is 0.397 e. The SMILES string of the molecule is CCCCCCCCCCCCCCCCCCCOCCOCCOCCOS(=O)(=O)O. The van der Waals surface area contributed by atoms with E-state index in [0.29, 0.717) is 26.4 Å². The average molecular weight is 497 g/mol. The zero-order valence-electron chi connectivity index (χ0n) is 21.3. The molecular weight excluding hydrogens is 444 g/mol. The van der Waals surface area contributed by atoms with E-state index in [1.54, 1.807) is 0 Å². The van der Waals surface area contributed by atoms with Crippen LogP contribution >= 0.6 is 0 Å². The highest BCUT2D eigenvalue weighted by Gasteiger charge is 2.02. The van der Waals surface area contributed by atoms with Gasteiger partial charge in [-0.25, -0.2) is 4.18 Å². The third kappa shape index (κ3) is 31.8. The Morgan fingerprint density at radius 3 is 1.12 bits per heavy atom. The zero-order valence-corrected chi connectivity index (χ0v) is 22.1. The molecule has 1 N–H and O–H groups in total. The summed E-state index contributed by atoms with van der Waals surface area (Å²) in [5.41, 5.74) is 0. The predicted octanol–water partition coefficient (Wildman–Crippen LogP) is 6.51. The van der Waals surface area contributed by atoms with Gasteiger partial charge in [-0.15, -0.1) is 0 Å². The fourth-order valence-electron chi connectivity index (χ4n) is 3.67. The van der Waals surface area contributed by atoms with E-state index in [0.717, 1.165) is 13.0 Å². The van der Waals surface area contributed by atoms with Crippen molar-refractivity contribution in [2.45, 2.75) is 116 Å². The summed E-state index contributed by atoms with van der Waals surface area (Å²) in [5.74, 6) is 0. The largest absolute Gasteiger partial charge is 0.397 e. The van der Waals surface area contributed by atoms with Gasteiger partial charge in [-0.1, -0.05) is 110 Å². The van der Waals surface area contributed by atoms with Crippen molar-refractivity contribution in [1.29, 1.82) is 0 Å². The summed E-state index contributed by atoms with van der Waals surface area (Å²) < 4.78 is 49.1. The highest BCUT2D eigenvalue weighted by atomic mass is 32.3. The second-order valence-corrected chi connectivity index (χ2v) is 9.83. The first-order valence-corrected chi connectivity index (χ1v) is 14.8. The van der Waals surface area contributed by atoms with Gasteiger partial charge in [-0.05, 0) is 6.42 Å². The first kappa shape index (κ1) is 32.8. The van der Waals surface area contributed by atoms with Gasteiger partial charge in [0, 0.05) is 6.61 Å². The quantitative estimate of drug-likeness (QED) is 0.0975. The van der Waals surface area contributed by atoms with Crippen LogP contribution in [0.5, 0.6) is 0 Å². The van der Waals surface area contributed by atoms with Gasteiger partial charge in [0.15, 0.2) is 0 Å². The molecule has 0 aromatic rings. The number of hydrogen-bond donors (Lipinski definition) is 1. The Bertz CT molecular complexity index is 471. The average Bonchev–Trinajstić information content (AvgIpc) is 2.78. The van der Waals surface area contributed by atoms with Gasteiger partial charge in [0.2, 0.25) is 0 Å². The van der Waals surface area contributed by atoms with Crippen LogP contribution in [0.25, 0.3) is 0 Å². The molecule has 0 spiro atoms.